The number of hydrogen-bond acceptors (Lipinski definition) is 21. The van der Waals surface area contributed by atoms with Crippen LogP contribution in [0.2, 0.25) is 10.3 Å². The van der Waals surface area contributed by atoms with Gasteiger partial charge >= 0.3 is 12.1 Å². The molecule has 0 unspecified atom stereocenters. The van der Waals surface area contributed by atoms with Gasteiger partial charge in [0, 0.05) is 25.2 Å². The Morgan fingerprint density at radius 3 is 1.70 bits per heavy atom. The fourth-order valence-electron chi connectivity index (χ4n) is 7.27. The molecule has 2 amide bonds. The first-order chi connectivity index (χ1) is 38.7. The Bertz CT molecular complexity index is 2570. The number of rotatable bonds is 41. The SMILES string of the molecule is Cc1nc(N)c(C(=O)CC(=N)CCCCCc2ccc(OCCOCCOCCOC(=O)CCCCCNC(=O)OCCOCCOCCOc3ccc(CCCCN=C(N)NC(=O)c4nc(Cl)c(N)nc4N)cc3)cc2)nc1Cl. The average Bonchev–Trinajstić information content (AvgIpc) is 3.43. The van der Waals surface area contributed by atoms with Crippen LogP contribution in [-0.2, 0) is 46.1 Å². The summed E-state index contributed by atoms with van der Waals surface area (Å²) >= 11 is 11.8. The average molecular weight is 1160 g/mol. The molecule has 26 heteroatoms. The van der Waals surface area contributed by atoms with Crippen molar-refractivity contribution >= 4 is 76.1 Å². The molecule has 4 rings (SSSR count). The van der Waals surface area contributed by atoms with Gasteiger partial charge in [-0.3, -0.25) is 24.7 Å². The Morgan fingerprint density at radius 2 is 1.09 bits per heavy atom. The van der Waals surface area contributed by atoms with Gasteiger partial charge in [-0.2, -0.15) is 0 Å². The summed E-state index contributed by atoms with van der Waals surface area (Å²) in [6.45, 7) is 6.25. The van der Waals surface area contributed by atoms with E-state index in [1.807, 2.05) is 48.5 Å². The van der Waals surface area contributed by atoms with E-state index in [4.69, 9.17) is 89.4 Å². The Hall–Kier alpha value is -6.96. The van der Waals surface area contributed by atoms with Gasteiger partial charge in [-0.1, -0.05) is 60.3 Å². The Labute approximate surface area is 476 Å². The van der Waals surface area contributed by atoms with Crippen LogP contribution in [0.4, 0.5) is 22.2 Å². The number of anilines is 3. The van der Waals surface area contributed by atoms with E-state index < -0.39 is 12.0 Å². The molecule has 24 nitrogen and oxygen atoms in total. The lowest BCUT2D eigenvalue weighted by Gasteiger charge is -2.09. The molecule has 0 bridgehead atoms. The van der Waals surface area contributed by atoms with Gasteiger partial charge in [0.2, 0.25) is 0 Å². The molecule has 0 saturated heterocycles. The fraction of sp³-hybridized carbons (Fsp3) is 0.519. The van der Waals surface area contributed by atoms with Crippen molar-refractivity contribution in [3.8, 4) is 11.5 Å². The number of amides is 2. The molecule has 438 valence electrons. The molecule has 80 heavy (non-hydrogen) atoms. The van der Waals surface area contributed by atoms with Gasteiger partial charge in [0.1, 0.15) is 37.9 Å². The number of guanidine groups is 1. The number of Topliss-reactive ketones (excluding diaryl/α,β-unsaturated/α-hetero) is 1. The first-order valence-electron chi connectivity index (χ1n) is 26.6. The number of esters is 1. The molecule has 0 fully saturated rings. The van der Waals surface area contributed by atoms with Gasteiger partial charge in [0.05, 0.1) is 65.0 Å². The molecule has 0 aliphatic rings. The monoisotopic (exact) mass is 1150 g/mol. The topological polar surface area (TPSA) is 358 Å². The number of ether oxygens (including phenoxy) is 8. The van der Waals surface area contributed by atoms with Gasteiger partial charge in [0.25, 0.3) is 5.91 Å². The number of aryl methyl sites for hydroxylation is 3. The molecule has 11 N–H and O–H groups in total. The molecular formula is C54H76Cl2N12O12. The maximum atomic E-state index is 12.5. The number of nitrogens with two attached hydrogens (primary N) is 4. The molecule has 0 aliphatic heterocycles. The molecule has 0 atom stereocenters. The fourth-order valence-corrected chi connectivity index (χ4v) is 7.53. The number of carbonyl (C=O) groups is 4. The minimum atomic E-state index is -0.689. The van der Waals surface area contributed by atoms with Crippen LogP contribution in [0, 0.1) is 12.3 Å². The normalized spacial score (nSPS) is 11.3. The molecule has 0 saturated carbocycles. The third-order valence-corrected chi connectivity index (χ3v) is 12.1. The smallest absolute Gasteiger partial charge is 0.407 e. The van der Waals surface area contributed by atoms with E-state index in [1.165, 1.54) is 5.56 Å². The highest BCUT2D eigenvalue weighted by atomic mass is 35.5. The van der Waals surface area contributed by atoms with Gasteiger partial charge in [-0.05, 0) is 100 Å². The second-order valence-corrected chi connectivity index (χ2v) is 18.7. The maximum absolute atomic E-state index is 12.5. The first-order valence-corrected chi connectivity index (χ1v) is 27.3. The number of carbonyl (C=O) groups excluding carboxylic acids is 4. The van der Waals surface area contributed by atoms with E-state index in [0.717, 1.165) is 68.4 Å². The Morgan fingerprint density at radius 1 is 0.575 bits per heavy atom. The highest BCUT2D eigenvalue weighted by Gasteiger charge is 2.18. The summed E-state index contributed by atoms with van der Waals surface area (Å²) in [4.78, 5) is 68.7. The van der Waals surface area contributed by atoms with Crippen LogP contribution in [-0.4, -0.2) is 148 Å². The van der Waals surface area contributed by atoms with Crippen LogP contribution in [0.1, 0.15) is 108 Å². The van der Waals surface area contributed by atoms with Crippen molar-refractivity contribution in [3.63, 3.8) is 0 Å². The second-order valence-electron chi connectivity index (χ2n) is 17.9. The predicted molar refractivity (Wildman–Crippen MR) is 304 cm³/mol. The lowest BCUT2D eigenvalue weighted by Crippen LogP contribution is -2.38. The third-order valence-electron chi connectivity index (χ3n) is 11.5. The van der Waals surface area contributed by atoms with Crippen molar-refractivity contribution in [3.05, 3.63) is 87.0 Å². The van der Waals surface area contributed by atoms with Gasteiger partial charge in [-0.15, -0.1) is 0 Å². The van der Waals surface area contributed by atoms with E-state index in [9.17, 15) is 19.2 Å². The zero-order chi connectivity index (χ0) is 57.7. The van der Waals surface area contributed by atoms with Crippen molar-refractivity contribution in [1.29, 1.82) is 5.41 Å². The second kappa shape index (κ2) is 38.6. The first kappa shape index (κ1) is 65.6. The molecule has 4 aromatic rings. The lowest BCUT2D eigenvalue weighted by atomic mass is 10.0. The molecule has 0 spiro atoms. The maximum Gasteiger partial charge on any atom is 0.407 e. The molecular weight excluding hydrogens is 1080 g/mol. The van der Waals surface area contributed by atoms with E-state index in [0.29, 0.717) is 96.6 Å². The minimum absolute atomic E-state index is 0.0156. The summed E-state index contributed by atoms with van der Waals surface area (Å²) in [5.74, 6) is -0.153. The number of aromatic nitrogens is 4. The number of ketones is 1. The molecule has 2 aromatic carbocycles. The van der Waals surface area contributed by atoms with Crippen LogP contribution >= 0.6 is 23.2 Å². The molecule has 2 aromatic heterocycles. The minimum Gasteiger partial charge on any atom is -0.491 e. The summed E-state index contributed by atoms with van der Waals surface area (Å²) in [6, 6.07) is 15.7. The number of nitrogen functional groups attached to an aromatic ring is 3. The summed E-state index contributed by atoms with van der Waals surface area (Å²) in [5, 5.41) is 13.3. The Kier molecular flexibility index (Phi) is 31.6. The van der Waals surface area contributed by atoms with Crippen molar-refractivity contribution in [2.45, 2.75) is 90.4 Å². The van der Waals surface area contributed by atoms with Crippen LogP contribution in [0.3, 0.4) is 0 Å². The zero-order valence-corrected chi connectivity index (χ0v) is 46.9. The molecule has 0 radical (unpaired) electrons. The number of unbranched alkanes of at least 4 members (excludes halogenated alkanes) is 5. The van der Waals surface area contributed by atoms with Crippen molar-refractivity contribution in [2.24, 2.45) is 10.7 Å². The van der Waals surface area contributed by atoms with Crippen molar-refractivity contribution in [2.75, 3.05) is 110 Å². The molecule has 2 heterocycles. The number of benzene rings is 2. The summed E-state index contributed by atoms with van der Waals surface area (Å²) in [7, 11) is 0. The number of hydrogen-bond donors (Lipinski definition) is 7. The lowest BCUT2D eigenvalue weighted by molar-refractivity contribution is -0.145. The summed E-state index contributed by atoms with van der Waals surface area (Å²) in [5.41, 5.74) is 25.8. The van der Waals surface area contributed by atoms with E-state index >= 15 is 0 Å². The third kappa shape index (κ3) is 27.8. The number of alkyl carbamates (subject to hydrolysis) is 1. The summed E-state index contributed by atoms with van der Waals surface area (Å²) < 4.78 is 44.0. The quantitative estimate of drug-likeness (QED) is 0.00825. The number of nitrogens with zero attached hydrogens (tertiary/aromatic N) is 5. The van der Waals surface area contributed by atoms with E-state index in [1.54, 1.807) is 6.92 Å². The largest absolute Gasteiger partial charge is 0.491 e. The Balaban J connectivity index is 0.841. The van der Waals surface area contributed by atoms with Crippen molar-refractivity contribution < 1.29 is 57.1 Å². The summed E-state index contributed by atoms with van der Waals surface area (Å²) in [6.07, 6.45) is 8.30. The number of aliphatic imine (C=N–C) groups is 1. The van der Waals surface area contributed by atoms with Crippen LogP contribution in [0.5, 0.6) is 11.5 Å². The number of halogens is 2. The van der Waals surface area contributed by atoms with E-state index in [2.05, 4.69) is 35.6 Å². The van der Waals surface area contributed by atoms with Gasteiger partial charge in [0.15, 0.2) is 50.9 Å². The predicted octanol–water partition coefficient (Wildman–Crippen LogP) is 6.45. The van der Waals surface area contributed by atoms with Gasteiger partial charge in [-0.25, -0.2) is 24.7 Å². The zero-order valence-electron chi connectivity index (χ0n) is 45.4. The standard InChI is InChI=1S/C54H76Cl2N12O12/c1-37-47(55)65-45(49(58)64-37)43(69)36-40(57)12-5-2-4-10-38-14-18-41(19-15-38)77-32-28-73-24-26-75-30-34-79-44(70)13-6-3-8-23-63-54(72)80-35-31-76-27-25-74-29-33-78-42-20-16-39(17-21-42)11-7-9-22-62-53(61)68-52(71)46-50(59)67-51(60)48(56)66-46/h14-21,57H,2-13,22-36H2,1H3,(H2,58,64)(H,63,72)(H4,59,60,67)(H3,61,62,68,71). The highest BCUT2D eigenvalue weighted by Crippen LogP contribution is 2.20. The number of nitrogens with one attached hydrogen (secondary N) is 3. The molecule has 0 aliphatic carbocycles. The van der Waals surface area contributed by atoms with E-state index in [-0.39, 0.29) is 96.1 Å². The van der Waals surface area contributed by atoms with Crippen molar-refractivity contribution in [1.82, 2.24) is 30.6 Å². The van der Waals surface area contributed by atoms with Crippen LogP contribution < -0.4 is 43.0 Å². The van der Waals surface area contributed by atoms with Crippen LogP contribution in [0.15, 0.2) is 53.5 Å². The van der Waals surface area contributed by atoms with Crippen LogP contribution in [0.25, 0.3) is 0 Å². The highest BCUT2D eigenvalue weighted by molar-refractivity contribution is 6.32. The van der Waals surface area contributed by atoms with Gasteiger partial charge < -0.3 is 71.6 Å².